The molecule has 1 aromatic rings. The fourth-order valence-electron chi connectivity index (χ4n) is 1.39. The van der Waals surface area contributed by atoms with E-state index in [0.29, 0.717) is 0 Å². The molecule has 0 atom stereocenters. The van der Waals surface area contributed by atoms with Crippen molar-refractivity contribution in [3.8, 4) is 0 Å². The second-order valence-corrected chi connectivity index (χ2v) is 4.57. The average molecular weight is 279 g/mol. The predicted octanol–water partition coefficient (Wildman–Crippen LogP) is 2.85. The van der Waals surface area contributed by atoms with Gasteiger partial charge in [0.1, 0.15) is 5.69 Å². The summed E-state index contributed by atoms with van der Waals surface area (Å²) in [7, 11) is 1.16. The van der Waals surface area contributed by atoms with E-state index in [4.69, 9.17) is 0 Å². The summed E-state index contributed by atoms with van der Waals surface area (Å²) in [6.07, 6.45) is 0. The van der Waals surface area contributed by atoms with Gasteiger partial charge >= 0.3 is 5.97 Å². The van der Waals surface area contributed by atoms with Crippen LogP contribution >= 0.6 is 0 Å². The largest absolute Gasteiger partial charge is 0.469 e. The van der Waals surface area contributed by atoms with Gasteiger partial charge in [-0.1, -0.05) is 0 Å². The first-order valence-electron chi connectivity index (χ1n) is 5.36. The summed E-state index contributed by atoms with van der Waals surface area (Å²) in [5.41, 5.74) is -2.06. The van der Waals surface area contributed by atoms with Crippen LogP contribution in [0.1, 0.15) is 13.8 Å². The van der Waals surface area contributed by atoms with Gasteiger partial charge < -0.3 is 10.1 Å². The molecule has 0 saturated heterocycles. The van der Waals surface area contributed by atoms with E-state index in [2.05, 4.69) is 10.1 Å². The molecule has 0 radical (unpaired) electrons. The van der Waals surface area contributed by atoms with Crippen LogP contribution in [0.15, 0.2) is 6.07 Å². The average Bonchev–Trinajstić information content (AvgIpc) is 2.35. The molecule has 3 nitrogen and oxygen atoms in total. The van der Waals surface area contributed by atoms with Crippen molar-refractivity contribution in [1.82, 2.24) is 0 Å². The van der Waals surface area contributed by atoms with Crippen molar-refractivity contribution in [2.24, 2.45) is 5.41 Å². The van der Waals surface area contributed by atoms with Gasteiger partial charge in [0.15, 0.2) is 23.3 Å². The number of anilines is 1. The maximum Gasteiger partial charge on any atom is 0.313 e. The zero-order valence-electron chi connectivity index (χ0n) is 10.6. The number of rotatable bonds is 4. The van der Waals surface area contributed by atoms with Gasteiger partial charge in [0, 0.05) is 12.6 Å². The number of hydrogen-bond acceptors (Lipinski definition) is 3. The summed E-state index contributed by atoms with van der Waals surface area (Å²) < 4.78 is 57.1. The molecule has 0 fully saturated rings. The molecule has 0 aliphatic carbocycles. The number of ether oxygens (including phenoxy) is 1. The lowest BCUT2D eigenvalue weighted by molar-refractivity contribution is -0.149. The third kappa shape index (κ3) is 3.15. The summed E-state index contributed by atoms with van der Waals surface area (Å²) in [4.78, 5) is 11.4. The van der Waals surface area contributed by atoms with Crippen LogP contribution in [0.25, 0.3) is 0 Å². The third-order valence-electron chi connectivity index (χ3n) is 2.56. The van der Waals surface area contributed by atoms with Gasteiger partial charge in [0.05, 0.1) is 12.5 Å². The highest BCUT2D eigenvalue weighted by atomic mass is 19.2. The van der Waals surface area contributed by atoms with Crippen LogP contribution in [0.3, 0.4) is 0 Å². The zero-order valence-corrected chi connectivity index (χ0v) is 10.6. The van der Waals surface area contributed by atoms with Crippen molar-refractivity contribution in [2.75, 3.05) is 19.0 Å². The van der Waals surface area contributed by atoms with E-state index < -0.39 is 40.3 Å². The molecule has 0 amide bonds. The van der Waals surface area contributed by atoms with E-state index in [9.17, 15) is 22.4 Å². The molecule has 106 valence electrons. The van der Waals surface area contributed by atoms with Crippen molar-refractivity contribution in [3.05, 3.63) is 29.3 Å². The van der Waals surface area contributed by atoms with Crippen LogP contribution in [0.5, 0.6) is 0 Å². The Bertz CT molecular complexity index is 477. The Balaban J connectivity index is 2.99. The van der Waals surface area contributed by atoms with Crippen LogP contribution in [0, 0.1) is 28.7 Å². The molecule has 0 aromatic heterocycles. The van der Waals surface area contributed by atoms with E-state index in [0.717, 1.165) is 7.11 Å². The lowest BCUT2D eigenvalue weighted by Crippen LogP contribution is -2.33. The summed E-state index contributed by atoms with van der Waals surface area (Å²) >= 11 is 0. The number of hydrogen-bond donors (Lipinski definition) is 1. The van der Waals surface area contributed by atoms with Crippen molar-refractivity contribution >= 4 is 11.7 Å². The van der Waals surface area contributed by atoms with Crippen LogP contribution < -0.4 is 5.32 Å². The summed E-state index contributed by atoms with van der Waals surface area (Å²) in [6.45, 7) is 2.66. The van der Waals surface area contributed by atoms with E-state index in [-0.39, 0.29) is 12.6 Å². The first-order valence-corrected chi connectivity index (χ1v) is 5.36. The van der Waals surface area contributed by atoms with E-state index in [1.165, 1.54) is 13.8 Å². The number of halogens is 4. The van der Waals surface area contributed by atoms with Gasteiger partial charge in [-0.2, -0.15) is 0 Å². The highest BCUT2D eigenvalue weighted by molar-refractivity contribution is 5.76. The Morgan fingerprint density at radius 3 is 2.11 bits per heavy atom. The summed E-state index contributed by atoms with van der Waals surface area (Å²) in [6, 6.07) is 0.112. The minimum Gasteiger partial charge on any atom is -0.469 e. The Hall–Kier alpha value is -1.79. The standard InChI is InChI=1S/C12H13F4NO2/c1-12(2,11(18)19-3)5-17-10-8(15)6(13)4-7(14)9(10)16/h4,17H,5H2,1-3H3. The van der Waals surface area contributed by atoms with E-state index >= 15 is 0 Å². The predicted molar refractivity (Wildman–Crippen MR) is 60.6 cm³/mol. The molecule has 1 N–H and O–H groups in total. The van der Waals surface area contributed by atoms with Crippen LogP contribution in [0.4, 0.5) is 23.2 Å². The molecule has 0 spiro atoms. The van der Waals surface area contributed by atoms with Gasteiger partial charge in [-0.25, -0.2) is 17.6 Å². The Labute approximate surface area is 107 Å². The second-order valence-electron chi connectivity index (χ2n) is 4.57. The first-order chi connectivity index (χ1) is 8.70. The molecule has 0 aliphatic rings. The molecule has 0 aliphatic heterocycles. The van der Waals surface area contributed by atoms with Crippen molar-refractivity contribution in [3.63, 3.8) is 0 Å². The Morgan fingerprint density at radius 2 is 1.68 bits per heavy atom. The zero-order chi connectivity index (χ0) is 14.8. The molecule has 0 heterocycles. The van der Waals surface area contributed by atoms with E-state index in [1.807, 2.05) is 0 Å². The number of carbonyl (C=O) groups is 1. The maximum atomic E-state index is 13.3. The van der Waals surface area contributed by atoms with Crippen LogP contribution in [-0.4, -0.2) is 19.6 Å². The van der Waals surface area contributed by atoms with E-state index in [1.54, 1.807) is 0 Å². The Morgan fingerprint density at radius 1 is 1.21 bits per heavy atom. The number of benzene rings is 1. The number of nitrogens with one attached hydrogen (secondary N) is 1. The lowest BCUT2D eigenvalue weighted by atomic mass is 9.93. The molecule has 0 saturated carbocycles. The summed E-state index contributed by atoms with van der Waals surface area (Å²) in [5, 5.41) is 2.19. The molecule has 0 unspecified atom stereocenters. The van der Waals surface area contributed by atoms with Gasteiger partial charge in [-0.15, -0.1) is 0 Å². The Kier molecular flexibility index (Phi) is 4.39. The molecule has 7 heteroatoms. The normalized spacial score (nSPS) is 11.3. The van der Waals surface area contributed by atoms with Crippen molar-refractivity contribution in [2.45, 2.75) is 13.8 Å². The highest BCUT2D eigenvalue weighted by Gasteiger charge is 2.30. The minimum atomic E-state index is -1.54. The molecule has 19 heavy (non-hydrogen) atoms. The molecule has 1 rings (SSSR count). The van der Waals surface area contributed by atoms with Crippen molar-refractivity contribution in [1.29, 1.82) is 0 Å². The first kappa shape index (κ1) is 15.3. The fourth-order valence-corrected chi connectivity index (χ4v) is 1.39. The number of esters is 1. The third-order valence-corrected chi connectivity index (χ3v) is 2.56. The minimum absolute atomic E-state index is 0.112. The van der Waals surface area contributed by atoms with Crippen molar-refractivity contribution < 1.29 is 27.1 Å². The fraction of sp³-hybridized carbons (Fsp3) is 0.417. The lowest BCUT2D eigenvalue weighted by Gasteiger charge is -2.22. The number of carbonyl (C=O) groups excluding carboxylic acids is 1. The SMILES string of the molecule is COC(=O)C(C)(C)CNc1c(F)c(F)cc(F)c1F. The maximum absolute atomic E-state index is 13.3. The number of methoxy groups -OCH3 is 1. The second kappa shape index (κ2) is 5.46. The molecule has 1 aromatic carbocycles. The molecular weight excluding hydrogens is 266 g/mol. The topological polar surface area (TPSA) is 38.3 Å². The van der Waals surface area contributed by atoms with Crippen LogP contribution in [-0.2, 0) is 9.53 Å². The van der Waals surface area contributed by atoms with Gasteiger partial charge in [-0.05, 0) is 13.8 Å². The monoisotopic (exact) mass is 279 g/mol. The van der Waals surface area contributed by atoms with Gasteiger partial charge in [0.2, 0.25) is 0 Å². The highest BCUT2D eigenvalue weighted by Crippen LogP contribution is 2.26. The van der Waals surface area contributed by atoms with Crippen LogP contribution in [0.2, 0.25) is 0 Å². The molecule has 0 bridgehead atoms. The summed E-state index contributed by atoms with van der Waals surface area (Å²) in [5.74, 6) is -6.74. The molecular formula is C12H13F4NO2. The van der Waals surface area contributed by atoms with Gasteiger partial charge in [0.25, 0.3) is 0 Å². The van der Waals surface area contributed by atoms with Gasteiger partial charge in [-0.3, -0.25) is 4.79 Å². The quantitative estimate of drug-likeness (QED) is 0.523. The smallest absolute Gasteiger partial charge is 0.313 e.